The molecule has 2 aliphatic heterocycles. The van der Waals surface area contributed by atoms with Crippen LogP contribution in [0.25, 0.3) is 39.3 Å². The molecular weight excluding hydrogens is 608 g/mol. The Bertz CT molecular complexity index is 1960. The van der Waals surface area contributed by atoms with Crippen LogP contribution >= 0.6 is 0 Å². The second kappa shape index (κ2) is 14.7. The molecule has 2 aliphatic rings. The summed E-state index contributed by atoms with van der Waals surface area (Å²) >= 11 is 0. The molecule has 5 rings (SSSR count). The monoisotopic (exact) mass is 646 g/mol. The molecule has 0 aliphatic carbocycles. The van der Waals surface area contributed by atoms with Crippen molar-refractivity contribution in [2.24, 2.45) is 0 Å². The summed E-state index contributed by atoms with van der Waals surface area (Å²) in [6.45, 7) is 13.7. The van der Waals surface area contributed by atoms with Gasteiger partial charge in [-0.3, -0.25) is 14.6 Å². The third-order valence-corrected chi connectivity index (χ3v) is 8.94. The van der Waals surface area contributed by atoms with Crippen molar-refractivity contribution in [2.45, 2.75) is 72.1 Å². The Labute approximate surface area is 304 Å². The van der Waals surface area contributed by atoms with E-state index in [2.05, 4.69) is 16.5 Å². The van der Waals surface area contributed by atoms with Crippen LogP contribution in [0.4, 0.5) is 0 Å². The van der Waals surface area contributed by atoms with Crippen molar-refractivity contribution in [2.75, 3.05) is 0 Å². The predicted octanol–water partition coefficient (Wildman–Crippen LogP) is 4.97. The van der Waals surface area contributed by atoms with E-state index in [1.54, 1.807) is 13.0 Å². The zero-order valence-corrected chi connectivity index (χ0v) is 25.5. The fraction of sp³-hybridized carbons (Fsp3) is 0.324. The molecule has 0 radical (unpaired) electrons. The topological polar surface area (TPSA) is 169 Å². The molecule has 234 valence electrons. The maximum absolute atomic E-state index is 12.7. The summed E-state index contributed by atoms with van der Waals surface area (Å²) in [5.74, 6) is -4.13. The van der Waals surface area contributed by atoms with Gasteiger partial charge in [0.05, 0.1) is 29.1 Å². The Balaban J connectivity index is 0.00000288. The minimum atomic E-state index is -1.23. The van der Waals surface area contributed by atoms with E-state index in [0.29, 0.717) is 29.1 Å². The number of nitrogens with one attached hydrogen (secondary N) is 2. The molecule has 2 atom stereocenters. The zero-order chi connectivity index (χ0) is 32.0. The molecule has 0 aromatic carbocycles. The van der Waals surface area contributed by atoms with Crippen LogP contribution < -0.4 is 0 Å². The van der Waals surface area contributed by atoms with Crippen molar-refractivity contribution in [1.29, 1.82) is 0 Å². The van der Waals surface area contributed by atoms with Gasteiger partial charge in [-0.2, -0.15) is 0 Å². The summed E-state index contributed by atoms with van der Waals surface area (Å²) < 4.78 is 0. The van der Waals surface area contributed by atoms with E-state index in [1.165, 1.54) is 0 Å². The molecule has 5 heterocycles. The summed E-state index contributed by atoms with van der Waals surface area (Å²) in [6.07, 6.45) is 2.03. The van der Waals surface area contributed by atoms with Gasteiger partial charge < -0.3 is 25.3 Å². The van der Waals surface area contributed by atoms with Crippen LogP contribution in [0.3, 0.4) is 0 Å². The molecule has 46 heavy (non-hydrogen) atoms. The quantitative estimate of drug-likeness (QED) is 0.214. The van der Waals surface area contributed by atoms with Gasteiger partial charge in [-0.25, -0.2) is 9.78 Å². The van der Waals surface area contributed by atoms with Gasteiger partial charge in [0, 0.05) is 57.1 Å². The third kappa shape index (κ3) is 6.75. The van der Waals surface area contributed by atoms with Crippen LogP contribution in [0.2, 0.25) is 0 Å². The number of carboxylic acids is 3. The van der Waals surface area contributed by atoms with Gasteiger partial charge in [-0.1, -0.05) is 26.5 Å². The fourth-order valence-electron chi connectivity index (χ4n) is 6.53. The average molecular weight is 647 g/mol. The summed E-state index contributed by atoms with van der Waals surface area (Å²) in [6, 6.07) is 5.75. The number of nitrogens with zero attached hydrogens (tertiary/aromatic N) is 2. The first-order chi connectivity index (χ1) is 20.9. The number of aliphatic carboxylic acids is 3. The summed E-state index contributed by atoms with van der Waals surface area (Å²) in [5, 5.41) is 29.9. The molecule has 3 aromatic heterocycles. The first kappa shape index (κ1) is 37.2. The molecule has 0 unspecified atom stereocenters. The van der Waals surface area contributed by atoms with E-state index < -0.39 is 30.2 Å². The zero-order valence-electron chi connectivity index (χ0n) is 25.5. The van der Waals surface area contributed by atoms with E-state index in [9.17, 15) is 29.7 Å². The van der Waals surface area contributed by atoms with Crippen LogP contribution in [-0.4, -0.2) is 106 Å². The minimum absolute atomic E-state index is 0. The van der Waals surface area contributed by atoms with Crippen molar-refractivity contribution < 1.29 is 29.7 Å². The summed E-state index contributed by atoms with van der Waals surface area (Å²) in [7, 11) is 0. The molecule has 0 fully saturated rings. The van der Waals surface area contributed by atoms with Crippen molar-refractivity contribution in [3.05, 3.63) is 75.4 Å². The van der Waals surface area contributed by atoms with E-state index >= 15 is 0 Å². The van der Waals surface area contributed by atoms with Crippen LogP contribution in [0.15, 0.2) is 24.8 Å². The van der Waals surface area contributed by atoms with Crippen molar-refractivity contribution >= 4 is 110 Å². The number of hydrogen-bond donors (Lipinski definition) is 5. The van der Waals surface area contributed by atoms with Gasteiger partial charge in [-0.05, 0) is 74.1 Å². The molecule has 8 bridgehead atoms. The Morgan fingerprint density at radius 2 is 1.57 bits per heavy atom. The van der Waals surface area contributed by atoms with E-state index in [1.807, 2.05) is 45.9 Å². The Kier molecular flexibility index (Phi) is 11.9. The van der Waals surface area contributed by atoms with Crippen LogP contribution in [0.5, 0.6) is 0 Å². The molecular formula is C34H39MgN4NaO6. The number of aromatic amines is 2. The molecule has 0 spiro atoms. The van der Waals surface area contributed by atoms with Crippen LogP contribution in [0.1, 0.15) is 96.0 Å². The van der Waals surface area contributed by atoms with Gasteiger partial charge in [0.25, 0.3) is 0 Å². The SMILES string of the molecule is C=Cc1c(C)c2cc3nc(c(CC(=O)O)c4nc(cc5[nH]c(cc1[nH]2)c(C)c5CC)C(C)=C4C(=O)O)[C@@H](CCC(=O)O)[C@@H]3C.[MgH2].[NaH]. The van der Waals surface area contributed by atoms with E-state index in [4.69, 9.17) is 9.97 Å². The molecule has 0 amide bonds. The number of carboxylic acid groups (broad SMARTS) is 3. The molecule has 10 nitrogen and oxygen atoms in total. The van der Waals surface area contributed by atoms with E-state index in [0.717, 1.165) is 44.3 Å². The number of aryl methyl sites for hydroxylation is 3. The number of fused-ring (bicyclic) bond motifs is 8. The van der Waals surface area contributed by atoms with Gasteiger partial charge >= 0.3 is 70.5 Å². The predicted molar refractivity (Wildman–Crippen MR) is 185 cm³/mol. The first-order valence-corrected chi connectivity index (χ1v) is 14.6. The van der Waals surface area contributed by atoms with E-state index in [-0.39, 0.29) is 88.2 Å². The maximum atomic E-state index is 12.7. The second-order valence-electron chi connectivity index (χ2n) is 11.5. The first-order valence-electron chi connectivity index (χ1n) is 14.6. The molecule has 0 saturated carbocycles. The molecule has 3 aromatic rings. The second-order valence-corrected chi connectivity index (χ2v) is 11.5. The normalized spacial score (nSPS) is 15.6. The summed E-state index contributed by atoms with van der Waals surface area (Å²) in [4.78, 5) is 53.2. The van der Waals surface area contributed by atoms with Gasteiger partial charge in [0.1, 0.15) is 0 Å². The molecule has 5 N–H and O–H groups in total. The van der Waals surface area contributed by atoms with Gasteiger partial charge in [0.15, 0.2) is 0 Å². The van der Waals surface area contributed by atoms with Crippen molar-refractivity contribution in [1.82, 2.24) is 19.9 Å². The standard InChI is InChI=1S/C34H36N4O6.Mg.Na.3H/c1-7-19-15(3)23-12-25-17(5)21(9-10-29(39)40)32(37-25)22(11-30(41)42)33-31(34(43)44)18(6)26(38-33)14-28-20(8-2)16(4)24(36-28)13-27(19)35-23;;;;;/h7,12-14,17,21,35-36H,1,8-11H2,2-6H3,(H,39,40)(H,41,42)(H,43,44);;;;;/t17-,21-;;;;;/m0...../s1. The van der Waals surface area contributed by atoms with Gasteiger partial charge in [-0.15, -0.1) is 0 Å². The van der Waals surface area contributed by atoms with Crippen molar-refractivity contribution in [3.63, 3.8) is 0 Å². The number of hydrogen-bond acceptors (Lipinski definition) is 5. The Hall–Kier alpha value is -3.22. The molecule has 12 heteroatoms. The fourth-order valence-corrected chi connectivity index (χ4v) is 6.53. The summed E-state index contributed by atoms with van der Waals surface area (Å²) in [5.41, 5.74) is 9.23. The number of H-pyrrole nitrogens is 2. The Morgan fingerprint density at radius 1 is 0.913 bits per heavy atom. The third-order valence-electron chi connectivity index (χ3n) is 8.94. The van der Waals surface area contributed by atoms with Gasteiger partial charge in [0.2, 0.25) is 0 Å². The van der Waals surface area contributed by atoms with Crippen molar-refractivity contribution in [3.8, 4) is 0 Å². The molecule has 0 saturated heterocycles. The van der Waals surface area contributed by atoms with Crippen LogP contribution in [-0.2, 0) is 27.2 Å². The number of aromatic nitrogens is 4. The Morgan fingerprint density at radius 3 is 2.15 bits per heavy atom. The number of rotatable bonds is 8. The van der Waals surface area contributed by atoms with Crippen LogP contribution in [0, 0.1) is 13.8 Å². The number of carbonyl (C=O) groups is 3. The average Bonchev–Trinajstić information content (AvgIpc) is 3.63. The number of allylic oxidation sites excluding steroid dienone is 1.